The zero-order chi connectivity index (χ0) is 16.8. The highest BCUT2D eigenvalue weighted by Crippen LogP contribution is 2.25. The van der Waals surface area contributed by atoms with Crippen LogP contribution in [0.15, 0.2) is 24.3 Å². The number of nitrogens with one attached hydrogen (secondary N) is 2. The lowest BCUT2D eigenvalue weighted by molar-refractivity contribution is -0.117. The van der Waals surface area contributed by atoms with E-state index in [-0.39, 0.29) is 30.4 Å². The SMILES string of the molecule is COC[C@@H](C)NC(=O)N[C@@H]1CC(=O)N(c2cccc(OC)c2)C1. The third-order valence-electron chi connectivity index (χ3n) is 3.62. The summed E-state index contributed by atoms with van der Waals surface area (Å²) in [5.74, 6) is 0.673. The number of methoxy groups -OCH3 is 2. The molecule has 0 unspecified atom stereocenters. The molecule has 0 spiro atoms. The molecule has 7 nitrogen and oxygen atoms in total. The molecule has 0 aliphatic carbocycles. The minimum atomic E-state index is -0.292. The second-order valence-electron chi connectivity index (χ2n) is 5.58. The highest BCUT2D eigenvalue weighted by Gasteiger charge is 2.31. The number of ether oxygens (including phenoxy) is 2. The van der Waals surface area contributed by atoms with Gasteiger partial charge in [0.05, 0.1) is 25.8 Å². The van der Waals surface area contributed by atoms with Crippen molar-refractivity contribution in [2.75, 3.05) is 32.3 Å². The van der Waals surface area contributed by atoms with E-state index < -0.39 is 0 Å². The quantitative estimate of drug-likeness (QED) is 0.823. The van der Waals surface area contributed by atoms with Crippen molar-refractivity contribution in [2.24, 2.45) is 0 Å². The lowest BCUT2D eigenvalue weighted by atomic mass is 10.2. The Morgan fingerprint density at radius 3 is 2.91 bits per heavy atom. The summed E-state index contributed by atoms with van der Waals surface area (Å²) < 4.78 is 10.1. The molecule has 1 fully saturated rings. The molecule has 0 aromatic heterocycles. The van der Waals surface area contributed by atoms with Crippen molar-refractivity contribution in [3.63, 3.8) is 0 Å². The van der Waals surface area contributed by atoms with Crippen molar-refractivity contribution in [3.8, 4) is 5.75 Å². The minimum absolute atomic E-state index is 0.0199. The van der Waals surface area contributed by atoms with Gasteiger partial charge < -0.3 is 25.0 Å². The molecular formula is C16H23N3O4. The van der Waals surface area contributed by atoms with Gasteiger partial charge in [0.1, 0.15) is 5.75 Å². The molecule has 0 bridgehead atoms. The predicted octanol–water partition coefficient (Wildman–Crippen LogP) is 1.13. The van der Waals surface area contributed by atoms with Crippen LogP contribution in [0.5, 0.6) is 5.75 Å². The van der Waals surface area contributed by atoms with Gasteiger partial charge in [0.2, 0.25) is 5.91 Å². The van der Waals surface area contributed by atoms with Crippen molar-refractivity contribution in [1.82, 2.24) is 10.6 Å². The van der Waals surface area contributed by atoms with Crippen LogP contribution in [0.4, 0.5) is 10.5 Å². The summed E-state index contributed by atoms with van der Waals surface area (Å²) in [7, 11) is 3.17. The van der Waals surface area contributed by atoms with Crippen LogP contribution in [-0.4, -0.2) is 51.4 Å². The molecule has 3 amide bonds. The normalized spacial score (nSPS) is 18.7. The first-order chi connectivity index (χ1) is 11.0. The molecule has 0 radical (unpaired) electrons. The van der Waals surface area contributed by atoms with E-state index in [1.54, 1.807) is 25.2 Å². The third-order valence-corrected chi connectivity index (χ3v) is 3.62. The fourth-order valence-corrected chi connectivity index (χ4v) is 2.57. The number of carbonyl (C=O) groups is 2. The average Bonchev–Trinajstić information content (AvgIpc) is 2.87. The highest BCUT2D eigenvalue weighted by atomic mass is 16.5. The van der Waals surface area contributed by atoms with Crippen LogP contribution in [0.25, 0.3) is 0 Å². The van der Waals surface area contributed by atoms with Gasteiger partial charge in [-0.3, -0.25) is 4.79 Å². The Bertz CT molecular complexity index is 564. The second kappa shape index (κ2) is 7.82. The summed E-state index contributed by atoms with van der Waals surface area (Å²) in [6.07, 6.45) is 0.281. The number of benzene rings is 1. The number of urea groups is 1. The van der Waals surface area contributed by atoms with Crippen LogP contribution in [0.1, 0.15) is 13.3 Å². The molecule has 2 rings (SSSR count). The van der Waals surface area contributed by atoms with E-state index in [0.717, 1.165) is 5.69 Å². The van der Waals surface area contributed by atoms with Crippen molar-refractivity contribution < 1.29 is 19.1 Å². The Balaban J connectivity index is 1.93. The van der Waals surface area contributed by atoms with Crippen molar-refractivity contribution in [1.29, 1.82) is 0 Å². The Morgan fingerprint density at radius 2 is 2.22 bits per heavy atom. The molecule has 1 heterocycles. The van der Waals surface area contributed by atoms with Gasteiger partial charge in [-0.25, -0.2) is 4.79 Å². The number of hydrogen-bond acceptors (Lipinski definition) is 4. The number of nitrogens with zero attached hydrogens (tertiary/aromatic N) is 1. The monoisotopic (exact) mass is 321 g/mol. The fraction of sp³-hybridized carbons (Fsp3) is 0.500. The molecule has 1 saturated heterocycles. The zero-order valence-electron chi connectivity index (χ0n) is 13.7. The summed E-state index contributed by atoms with van der Waals surface area (Å²) >= 11 is 0. The highest BCUT2D eigenvalue weighted by molar-refractivity contribution is 5.97. The van der Waals surface area contributed by atoms with E-state index >= 15 is 0 Å². The first-order valence-electron chi connectivity index (χ1n) is 7.54. The molecule has 126 valence electrons. The molecule has 0 saturated carbocycles. The summed E-state index contributed by atoms with van der Waals surface area (Å²) in [4.78, 5) is 25.8. The first-order valence-corrected chi connectivity index (χ1v) is 7.54. The maximum Gasteiger partial charge on any atom is 0.315 e. The van der Waals surface area contributed by atoms with E-state index in [2.05, 4.69) is 10.6 Å². The summed E-state index contributed by atoms with van der Waals surface area (Å²) in [6.45, 7) is 2.73. The number of hydrogen-bond donors (Lipinski definition) is 2. The number of anilines is 1. The fourth-order valence-electron chi connectivity index (χ4n) is 2.57. The standard InChI is InChI=1S/C16H23N3O4/c1-11(10-22-2)17-16(21)18-12-7-15(20)19(9-12)13-5-4-6-14(8-13)23-3/h4-6,8,11-12H,7,9-10H2,1-3H3,(H2,17,18,21)/t11-,12-/m1/s1. The van der Waals surface area contributed by atoms with E-state index in [4.69, 9.17) is 9.47 Å². The molecule has 1 aliphatic heterocycles. The molecule has 1 aliphatic rings. The van der Waals surface area contributed by atoms with Crippen LogP contribution in [-0.2, 0) is 9.53 Å². The molecule has 23 heavy (non-hydrogen) atoms. The van der Waals surface area contributed by atoms with Gasteiger partial charge in [-0.2, -0.15) is 0 Å². The van der Waals surface area contributed by atoms with Gasteiger partial charge >= 0.3 is 6.03 Å². The Kier molecular flexibility index (Phi) is 5.81. The summed E-state index contributed by atoms with van der Waals surface area (Å²) in [5.41, 5.74) is 0.770. The van der Waals surface area contributed by atoms with Crippen LogP contribution < -0.4 is 20.3 Å². The zero-order valence-corrected chi connectivity index (χ0v) is 13.7. The van der Waals surface area contributed by atoms with Crippen LogP contribution in [0.2, 0.25) is 0 Å². The van der Waals surface area contributed by atoms with Gasteiger partial charge in [0.15, 0.2) is 0 Å². The van der Waals surface area contributed by atoms with Crippen LogP contribution >= 0.6 is 0 Å². The Labute approximate surface area is 135 Å². The number of carbonyl (C=O) groups excluding carboxylic acids is 2. The summed E-state index contributed by atoms with van der Waals surface area (Å²) in [6, 6.07) is 6.71. The number of rotatable bonds is 6. The van der Waals surface area contributed by atoms with E-state index in [9.17, 15) is 9.59 Å². The average molecular weight is 321 g/mol. The van der Waals surface area contributed by atoms with E-state index in [1.807, 2.05) is 25.1 Å². The van der Waals surface area contributed by atoms with Crippen molar-refractivity contribution >= 4 is 17.6 Å². The molecule has 7 heteroatoms. The van der Waals surface area contributed by atoms with E-state index in [1.165, 1.54) is 0 Å². The maximum absolute atomic E-state index is 12.2. The van der Waals surface area contributed by atoms with Crippen LogP contribution in [0, 0.1) is 0 Å². The van der Waals surface area contributed by atoms with Crippen molar-refractivity contribution in [3.05, 3.63) is 24.3 Å². The minimum Gasteiger partial charge on any atom is -0.497 e. The second-order valence-corrected chi connectivity index (χ2v) is 5.58. The topological polar surface area (TPSA) is 79.9 Å². The third kappa shape index (κ3) is 4.59. The van der Waals surface area contributed by atoms with Crippen LogP contribution in [0.3, 0.4) is 0 Å². The Hall–Kier alpha value is -2.28. The van der Waals surface area contributed by atoms with Gasteiger partial charge in [-0.05, 0) is 19.1 Å². The Morgan fingerprint density at radius 1 is 1.43 bits per heavy atom. The van der Waals surface area contributed by atoms with Gasteiger partial charge in [-0.1, -0.05) is 6.07 Å². The van der Waals surface area contributed by atoms with E-state index in [0.29, 0.717) is 18.9 Å². The molecule has 1 aromatic rings. The maximum atomic E-state index is 12.2. The lowest BCUT2D eigenvalue weighted by Gasteiger charge is -2.19. The molecule has 1 aromatic carbocycles. The molecule has 2 N–H and O–H groups in total. The first kappa shape index (κ1) is 17.1. The van der Waals surface area contributed by atoms with Crippen molar-refractivity contribution in [2.45, 2.75) is 25.4 Å². The predicted molar refractivity (Wildman–Crippen MR) is 86.8 cm³/mol. The molecular weight excluding hydrogens is 298 g/mol. The lowest BCUT2D eigenvalue weighted by Crippen LogP contribution is -2.47. The molecule has 2 atom stereocenters. The summed E-state index contributed by atoms with van der Waals surface area (Å²) in [5, 5.41) is 5.60. The smallest absolute Gasteiger partial charge is 0.315 e. The van der Waals surface area contributed by atoms with Gasteiger partial charge in [-0.15, -0.1) is 0 Å². The van der Waals surface area contributed by atoms with Gasteiger partial charge in [0, 0.05) is 31.8 Å². The largest absolute Gasteiger partial charge is 0.497 e. The van der Waals surface area contributed by atoms with Gasteiger partial charge in [0.25, 0.3) is 0 Å². The number of amides is 3.